The minimum absolute atomic E-state index is 0.122. The van der Waals surface area contributed by atoms with Gasteiger partial charge in [0.25, 0.3) is 0 Å². The van der Waals surface area contributed by atoms with Crippen LogP contribution in [0.1, 0.15) is 48.5 Å². The van der Waals surface area contributed by atoms with E-state index >= 15 is 0 Å². The van der Waals surface area contributed by atoms with Crippen molar-refractivity contribution in [3.05, 3.63) is 16.1 Å². The SMILES string of the molecule is CCN1CCCC(c2ncc(C(C)N)s2)C1. The molecule has 1 aliphatic rings. The Bertz CT molecular complexity index is 335. The van der Waals surface area contributed by atoms with E-state index < -0.39 is 0 Å². The van der Waals surface area contributed by atoms with Crippen molar-refractivity contribution in [3.63, 3.8) is 0 Å². The molecule has 2 rings (SSSR count). The number of rotatable bonds is 3. The molecule has 2 heterocycles. The van der Waals surface area contributed by atoms with Gasteiger partial charge in [-0.15, -0.1) is 11.3 Å². The van der Waals surface area contributed by atoms with Crippen molar-refractivity contribution in [2.45, 2.75) is 38.6 Å². The molecular weight excluding hydrogens is 218 g/mol. The topological polar surface area (TPSA) is 42.2 Å². The van der Waals surface area contributed by atoms with Crippen LogP contribution in [-0.2, 0) is 0 Å². The van der Waals surface area contributed by atoms with Gasteiger partial charge in [0.2, 0.25) is 0 Å². The zero-order valence-electron chi connectivity index (χ0n) is 10.1. The maximum atomic E-state index is 5.87. The van der Waals surface area contributed by atoms with Crippen molar-refractivity contribution >= 4 is 11.3 Å². The van der Waals surface area contributed by atoms with Crippen LogP contribution in [0.4, 0.5) is 0 Å². The lowest BCUT2D eigenvalue weighted by molar-refractivity contribution is 0.218. The highest BCUT2D eigenvalue weighted by Gasteiger charge is 2.23. The Kier molecular flexibility index (Phi) is 3.95. The Morgan fingerprint density at radius 3 is 3.12 bits per heavy atom. The number of likely N-dealkylation sites (N-methyl/N-ethyl adjacent to an activating group) is 1. The quantitative estimate of drug-likeness (QED) is 0.880. The number of nitrogens with two attached hydrogens (primary N) is 1. The number of piperidine rings is 1. The summed E-state index contributed by atoms with van der Waals surface area (Å²) >= 11 is 1.80. The standard InChI is InChI=1S/C12H21N3S/c1-3-15-6-4-5-10(8-15)12-14-7-11(16-12)9(2)13/h7,9-10H,3-6,8,13H2,1-2H3. The van der Waals surface area contributed by atoms with Gasteiger partial charge in [-0.25, -0.2) is 4.98 Å². The summed E-state index contributed by atoms with van der Waals surface area (Å²) in [5.74, 6) is 0.631. The second kappa shape index (κ2) is 5.25. The maximum absolute atomic E-state index is 5.87. The number of nitrogens with zero attached hydrogens (tertiary/aromatic N) is 2. The number of likely N-dealkylation sites (tertiary alicyclic amines) is 1. The Morgan fingerprint density at radius 1 is 1.69 bits per heavy atom. The van der Waals surface area contributed by atoms with Crippen molar-refractivity contribution in [2.75, 3.05) is 19.6 Å². The molecule has 90 valence electrons. The molecule has 1 saturated heterocycles. The van der Waals surface area contributed by atoms with E-state index in [-0.39, 0.29) is 6.04 Å². The molecule has 0 saturated carbocycles. The van der Waals surface area contributed by atoms with Gasteiger partial charge in [0, 0.05) is 29.6 Å². The Morgan fingerprint density at radius 2 is 2.50 bits per heavy atom. The van der Waals surface area contributed by atoms with Crippen LogP contribution < -0.4 is 5.73 Å². The predicted octanol–water partition coefficient (Wildman–Crippen LogP) is 2.36. The van der Waals surface area contributed by atoms with Crippen molar-refractivity contribution in [1.29, 1.82) is 0 Å². The molecule has 2 atom stereocenters. The van der Waals surface area contributed by atoms with Gasteiger partial charge in [-0.1, -0.05) is 6.92 Å². The number of thiazole rings is 1. The van der Waals surface area contributed by atoms with Gasteiger partial charge in [-0.05, 0) is 32.9 Å². The molecule has 1 aromatic heterocycles. The molecule has 4 heteroatoms. The minimum atomic E-state index is 0.122. The normalized spacial score (nSPS) is 24.6. The third-order valence-electron chi connectivity index (χ3n) is 3.29. The molecule has 2 unspecified atom stereocenters. The first-order valence-electron chi connectivity index (χ1n) is 6.14. The van der Waals surface area contributed by atoms with Crippen molar-refractivity contribution in [3.8, 4) is 0 Å². The van der Waals surface area contributed by atoms with Crippen LogP contribution in [0.2, 0.25) is 0 Å². The first-order valence-corrected chi connectivity index (χ1v) is 6.96. The van der Waals surface area contributed by atoms with Crippen LogP contribution in [-0.4, -0.2) is 29.5 Å². The van der Waals surface area contributed by atoms with Crippen molar-refractivity contribution in [1.82, 2.24) is 9.88 Å². The molecule has 1 aliphatic heterocycles. The highest BCUT2D eigenvalue weighted by Crippen LogP contribution is 2.31. The number of hydrogen-bond donors (Lipinski definition) is 1. The summed E-state index contributed by atoms with van der Waals surface area (Å²) in [6.45, 7) is 7.83. The lowest BCUT2D eigenvalue weighted by Crippen LogP contribution is -2.33. The Balaban J connectivity index is 2.05. The van der Waals surface area contributed by atoms with Gasteiger partial charge in [-0.3, -0.25) is 0 Å². The fourth-order valence-corrected chi connectivity index (χ4v) is 3.24. The predicted molar refractivity (Wildman–Crippen MR) is 68.8 cm³/mol. The smallest absolute Gasteiger partial charge is 0.0971 e. The molecular formula is C12H21N3S. The summed E-state index contributed by atoms with van der Waals surface area (Å²) in [5.41, 5.74) is 5.87. The third kappa shape index (κ3) is 2.62. The van der Waals surface area contributed by atoms with Crippen LogP contribution in [0, 0.1) is 0 Å². The molecule has 0 amide bonds. The van der Waals surface area contributed by atoms with Gasteiger partial charge in [-0.2, -0.15) is 0 Å². The van der Waals surface area contributed by atoms with Gasteiger partial charge < -0.3 is 10.6 Å². The largest absolute Gasteiger partial charge is 0.323 e. The molecule has 1 aromatic rings. The van der Waals surface area contributed by atoms with Crippen LogP contribution in [0.3, 0.4) is 0 Å². The first-order chi connectivity index (χ1) is 7.70. The lowest BCUT2D eigenvalue weighted by Gasteiger charge is -2.30. The van der Waals surface area contributed by atoms with E-state index in [2.05, 4.69) is 16.8 Å². The lowest BCUT2D eigenvalue weighted by atomic mass is 9.99. The second-order valence-corrected chi connectivity index (χ2v) is 5.72. The molecule has 16 heavy (non-hydrogen) atoms. The van der Waals surface area contributed by atoms with Gasteiger partial charge in [0.1, 0.15) is 0 Å². The summed E-state index contributed by atoms with van der Waals surface area (Å²) in [4.78, 5) is 8.27. The summed E-state index contributed by atoms with van der Waals surface area (Å²) in [5, 5.41) is 1.28. The number of hydrogen-bond acceptors (Lipinski definition) is 4. The zero-order valence-corrected chi connectivity index (χ0v) is 11.0. The van der Waals surface area contributed by atoms with E-state index in [9.17, 15) is 0 Å². The number of aromatic nitrogens is 1. The monoisotopic (exact) mass is 239 g/mol. The summed E-state index contributed by atoms with van der Waals surface area (Å²) in [6.07, 6.45) is 4.53. The molecule has 0 bridgehead atoms. The maximum Gasteiger partial charge on any atom is 0.0971 e. The molecule has 0 spiro atoms. The van der Waals surface area contributed by atoms with Gasteiger partial charge >= 0.3 is 0 Å². The fourth-order valence-electron chi connectivity index (χ4n) is 2.24. The Labute approximate surface area is 102 Å². The van der Waals surface area contributed by atoms with E-state index in [4.69, 9.17) is 5.73 Å². The van der Waals surface area contributed by atoms with Crippen LogP contribution in [0.15, 0.2) is 6.20 Å². The van der Waals surface area contributed by atoms with Crippen LogP contribution in [0.5, 0.6) is 0 Å². The van der Waals surface area contributed by atoms with Crippen molar-refractivity contribution < 1.29 is 0 Å². The summed E-state index contributed by atoms with van der Waals surface area (Å²) in [6, 6.07) is 0.122. The van der Waals surface area contributed by atoms with E-state index in [0.29, 0.717) is 5.92 Å². The summed E-state index contributed by atoms with van der Waals surface area (Å²) < 4.78 is 0. The van der Waals surface area contributed by atoms with E-state index in [1.165, 1.54) is 35.8 Å². The summed E-state index contributed by atoms with van der Waals surface area (Å²) in [7, 11) is 0. The van der Waals surface area contributed by atoms with Crippen molar-refractivity contribution in [2.24, 2.45) is 5.73 Å². The van der Waals surface area contributed by atoms with Gasteiger partial charge in [0.15, 0.2) is 0 Å². The average molecular weight is 239 g/mol. The highest BCUT2D eigenvalue weighted by atomic mass is 32.1. The second-order valence-electron chi connectivity index (χ2n) is 4.62. The fraction of sp³-hybridized carbons (Fsp3) is 0.750. The molecule has 3 nitrogen and oxygen atoms in total. The molecule has 1 fully saturated rings. The highest BCUT2D eigenvalue weighted by molar-refractivity contribution is 7.11. The van der Waals surface area contributed by atoms with E-state index in [1.54, 1.807) is 11.3 Å². The van der Waals surface area contributed by atoms with Crippen LogP contribution >= 0.6 is 11.3 Å². The molecule has 0 aromatic carbocycles. The third-order valence-corrected chi connectivity index (χ3v) is 4.65. The van der Waals surface area contributed by atoms with Crippen LogP contribution in [0.25, 0.3) is 0 Å². The molecule has 0 radical (unpaired) electrons. The first kappa shape index (κ1) is 12.0. The molecule has 0 aliphatic carbocycles. The zero-order chi connectivity index (χ0) is 11.5. The van der Waals surface area contributed by atoms with E-state index in [1.807, 2.05) is 13.1 Å². The Hall–Kier alpha value is -0.450. The van der Waals surface area contributed by atoms with Gasteiger partial charge in [0.05, 0.1) is 5.01 Å². The minimum Gasteiger partial charge on any atom is -0.323 e. The van der Waals surface area contributed by atoms with E-state index in [0.717, 1.165) is 6.54 Å². The average Bonchev–Trinajstić information content (AvgIpc) is 2.78. The molecule has 2 N–H and O–H groups in total.